The van der Waals surface area contributed by atoms with E-state index in [9.17, 15) is 0 Å². The zero-order valence-corrected chi connectivity index (χ0v) is 13.9. The lowest BCUT2D eigenvalue weighted by Gasteiger charge is -2.22. The van der Waals surface area contributed by atoms with Crippen LogP contribution in [0.25, 0.3) is 0 Å². The van der Waals surface area contributed by atoms with Crippen LogP contribution in [0.5, 0.6) is 0 Å². The van der Waals surface area contributed by atoms with Gasteiger partial charge < -0.3 is 4.74 Å². The minimum Gasteiger partial charge on any atom is -0.384 e. The molecule has 0 radical (unpaired) electrons. The van der Waals surface area contributed by atoms with Gasteiger partial charge in [0.05, 0.1) is 6.61 Å². The van der Waals surface area contributed by atoms with Crippen molar-refractivity contribution in [3.8, 4) is 0 Å². The van der Waals surface area contributed by atoms with Crippen molar-refractivity contribution >= 4 is 0 Å². The van der Waals surface area contributed by atoms with Gasteiger partial charge in [-0.2, -0.15) is 0 Å². The molecule has 1 atom stereocenters. The van der Waals surface area contributed by atoms with Crippen molar-refractivity contribution in [3.05, 3.63) is 71.3 Å². The van der Waals surface area contributed by atoms with E-state index in [0.29, 0.717) is 6.61 Å². The molecule has 0 bridgehead atoms. The van der Waals surface area contributed by atoms with E-state index in [1.807, 2.05) is 0 Å². The summed E-state index contributed by atoms with van der Waals surface area (Å²) < 4.78 is 5.47. The summed E-state index contributed by atoms with van der Waals surface area (Å²) in [5, 5.41) is 0. The summed E-state index contributed by atoms with van der Waals surface area (Å²) >= 11 is 0. The Balaban J connectivity index is 3.12. The second kappa shape index (κ2) is 9.36. The molecule has 0 aliphatic rings. The van der Waals surface area contributed by atoms with Crippen LogP contribution < -0.4 is 0 Å². The molecule has 0 aliphatic carbocycles. The van der Waals surface area contributed by atoms with Gasteiger partial charge in [0.1, 0.15) is 0 Å². The van der Waals surface area contributed by atoms with Crippen molar-refractivity contribution in [1.82, 2.24) is 0 Å². The Bertz CT molecular complexity index is 508. The number of aryl methyl sites for hydroxylation is 1. The second-order valence-electron chi connectivity index (χ2n) is 5.42. The van der Waals surface area contributed by atoms with E-state index in [1.165, 1.54) is 16.7 Å². The topological polar surface area (TPSA) is 9.23 Å². The number of methoxy groups -OCH3 is 1. The van der Waals surface area contributed by atoms with Gasteiger partial charge >= 0.3 is 0 Å². The zero-order chi connectivity index (χ0) is 15.7. The molecule has 0 fully saturated rings. The third-order valence-electron chi connectivity index (χ3n) is 3.64. The normalized spacial score (nSPS) is 13.6. The molecule has 1 heteroatoms. The lowest BCUT2D eigenvalue weighted by Crippen LogP contribution is -2.11. The zero-order valence-electron chi connectivity index (χ0n) is 13.9. The highest BCUT2D eigenvalue weighted by Gasteiger charge is 2.18. The molecule has 0 N–H and O–H groups in total. The van der Waals surface area contributed by atoms with E-state index in [0.717, 1.165) is 18.4 Å². The first kappa shape index (κ1) is 17.5. The molecule has 0 saturated heterocycles. The van der Waals surface area contributed by atoms with E-state index < -0.39 is 0 Å². The van der Waals surface area contributed by atoms with Gasteiger partial charge in [-0.1, -0.05) is 61.6 Å². The van der Waals surface area contributed by atoms with Gasteiger partial charge in [0, 0.05) is 13.0 Å². The third-order valence-corrected chi connectivity index (χ3v) is 3.64. The molecule has 0 aromatic heterocycles. The summed E-state index contributed by atoms with van der Waals surface area (Å²) in [5.74, 6) is 0.253. The maximum Gasteiger partial charge on any atom is 0.0571 e. The minimum atomic E-state index is 0.253. The molecular formula is C20H28O. The molecule has 21 heavy (non-hydrogen) atoms. The summed E-state index contributed by atoms with van der Waals surface area (Å²) in [7, 11) is 1.76. The number of allylic oxidation sites excluding steroid dienone is 4. The molecular weight excluding hydrogens is 256 g/mol. The molecule has 1 unspecified atom stereocenters. The quantitative estimate of drug-likeness (QED) is 0.447. The van der Waals surface area contributed by atoms with E-state index in [-0.39, 0.29) is 5.92 Å². The highest BCUT2D eigenvalue weighted by atomic mass is 16.5. The van der Waals surface area contributed by atoms with Crippen LogP contribution in [0.4, 0.5) is 0 Å². The molecule has 114 valence electrons. The van der Waals surface area contributed by atoms with Crippen LogP contribution in [0.15, 0.2) is 60.2 Å². The van der Waals surface area contributed by atoms with E-state index in [4.69, 9.17) is 4.74 Å². The molecule has 1 nitrogen and oxygen atoms in total. The molecule has 0 spiro atoms. The Morgan fingerprint density at radius 1 is 1.29 bits per heavy atom. The maximum atomic E-state index is 5.47. The van der Waals surface area contributed by atoms with Crippen LogP contribution in [0.3, 0.4) is 0 Å². The van der Waals surface area contributed by atoms with Crippen LogP contribution in [-0.2, 0) is 4.74 Å². The fourth-order valence-electron chi connectivity index (χ4n) is 2.56. The summed E-state index contributed by atoms with van der Waals surface area (Å²) in [4.78, 5) is 0. The van der Waals surface area contributed by atoms with Crippen LogP contribution in [0.2, 0.25) is 0 Å². The summed E-state index contributed by atoms with van der Waals surface area (Å²) in [6, 6.07) is 8.53. The molecule has 0 aliphatic heterocycles. The predicted octanol–water partition coefficient (Wildman–Crippen LogP) is 5.58. The van der Waals surface area contributed by atoms with E-state index >= 15 is 0 Å². The maximum absolute atomic E-state index is 5.47. The standard InChI is InChI=1S/C20H28O/c1-6-7-8-9-13-18(16(2)3)20(15-21-5)19-14-11-10-12-17(19)4/h7-8,10-14,20H,2,6,9,15H2,1,3-5H3/b8-7-,18-13?. The van der Waals surface area contributed by atoms with Crippen LogP contribution >= 0.6 is 0 Å². The molecule has 1 rings (SSSR count). The molecule has 0 saturated carbocycles. The van der Waals surface area contributed by atoms with Gasteiger partial charge in [-0.05, 0) is 43.4 Å². The number of hydrogen-bond acceptors (Lipinski definition) is 1. The van der Waals surface area contributed by atoms with Gasteiger partial charge in [-0.3, -0.25) is 0 Å². The lowest BCUT2D eigenvalue weighted by atomic mass is 9.85. The Kier molecular flexibility index (Phi) is 7.78. The van der Waals surface area contributed by atoms with Crippen LogP contribution in [-0.4, -0.2) is 13.7 Å². The van der Waals surface area contributed by atoms with Gasteiger partial charge in [0.15, 0.2) is 0 Å². The molecule has 1 aromatic carbocycles. The minimum absolute atomic E-state index is 0.253. The third kappa shape index (κ3) is 5.35. The monoisotopic (exact) mass is 284 g/mol. The summed E-state index contributed by atoms with van der Waals surface area (Å²) in [6.07, 6.45) is 8.72. The van der Waals surface area contributed by atoms with E-state index in [1.54, 1.807) is 7.11 Å². The van der Waals surface area contributed by atoms with Gasteiger partial charge in [-0.15, -0.1) is 0 Å². The van der Waals surface area contributed by atoms with Crippen molar-refractivity contribution in [1.29, 1.82) is 0 Å². The van der Waals surface area contributed by atoms with Gasteiger partial charge in [0.2, 0.25) is 0 Å². The first-order valence-corrected chi connectivity index (χ1v) is 7.67. The highest BCUT2D eigenvalue weighted by molar-refractivity contribution is 5.42. The number of hydrogen-bond donors (Lipinski definition) is 0. The second-order valence-corrected chi connectivity index (χ2v) is 5.42. The Hall–Kier alpha value is -1.60. The first-order valence-electron chi connectivity index (χ1n) is 7.67. The van der Waals surface area contributed by atoms with Crippen LogP contribution in [0.1, 0.15) is 43.7 Å². The lowest BCUT2D eigenvalue weighted by molar-refractivity contribution is 0.188. The fourth-order valence-corrected chi connectivity index (χ4v) is 2.56. The number of rotatable bonds is 8. The van der Waals surface area contributed by atoms with Crippen molar-refractivity contribution in [2.45, 2.75) is 39.5 Å². The van der Waals surface area contributed by atoms with E-state index in [2.05, 4.69) is 69.8 Å². The van der Waals surface area contributed by atoms with Crippen molar-refractivity contribution < 1.29 is 4.74 Å². The SMILES string of the molecule is C=C(C)C(=CC/C=C\CC)C(COC)c1ccccc1C. The fraction of sp³-hybridized carbons (Fsp3) is 0.400. The molecule has 0 amide bonds. The smallest absolute Gasteiger partial charge is 0.0571 e. The summed E-state index contributed by atoms with van der Waals surface area (Å²) in [5.41, 5.74) is 5.03. The van der Waals surface area contributed by atoms with Gasteiger partial charge in [0.25, 0.3) is 0 Å². The molecule has 0 heterocycles. The average Bonchev–Trinajstić information content (AvgIpc) is 2.46. The van der Waals surface area contributed by atoms with Gasteiger partial charge in [-0.25, -0.2) is 0 Å². The largest absolute Gasteiger partial charge is 0.384 e. The Morgan fingerprint density at radius 3 is 2.57 bits per heavy atom. The summed E-state index contributed by atoms with van der Waals surface area (Å²) in [6.45, 7) is 11.2. The van der Waals surface area contributed by atoms with Crippen LogP contribution in [0, 0.1) is 6.92 Å². The number of ether oxygens (including phenoxy) is 1. The number of benzene rings is 1. The van der Waals surface area contributed by atoms with Crippen molar-refractivity contribution in [2.75, 3.05) is 13.7 Å². The average molecular weight is 284 g/mol. The Morgan fingerprint density at radius 2 is 2.00 bits per heavy atom. The first-order chi connectivity index (χ1) is 10.1. The Labute approximate surface area is 130 Å². The molecule has 1 aromatic rings. The highest BCUT2D eigenvalue weighted by Crippen LogP contribution is 2.31. The predicted molar refractivity (Wildman–Crippen MR) is 92.7 cm³/mol. The van der Waals surface area contributed by atoms with Crippen molar-refractivity contribution in [2.24, 2.45) is 0 Å². The van der Waals surface area contributed by atoms with Crippen molar-refractivity contribution in [3.63, 3.8) is 0 Å².